The van der Waals surface area contributed by atoms with E-state index in [1.807, 2.05) is 26.0 Å². The van der Waals surface area contributed by atoms with Crippen molar-refractivity contribution in [2.45, 2.75) is 20.5 Å². The van der Waals surface area contributed by atoms with Crippen molar-refractivity contribution in [3.8, 4) is 11.5 Å². The van der Waals surface area contributed by atoms with E-state index >= 15 is 0 Å². The largest absolute Gasteiger partial charge is 0.493 e. The van der Waals surface area contributed by atoms with E-state index in [1.165, 1.54) is 17.7 Å². The number of aryl methyl sites for hydroxylation is 2. The Hall–Kier alpha value is -2.85. The summed E-state index contributed by atoms with van der Waals surface area (Å²) in [4.78, 5) is 4.54. The summed E-state index contributed by atoms with van der Waals surface area (Å²) in [6.07, 6.45) is 1.74. The molecular weight excluding hydrogens is 377 g/mol. The van der Waals surface area contributed by atoms with Gasteiger partial charge in [-0.15, -0.1) is 0 Å². The van der Waals surface area contributed by atoms with Crippen LogP contribution in [-0.2, 0) is 6.61 Å². The molecule has 0 fully saturated rings. The first kappa shape index (κ1) is 19.9. The predicted molar refractivity (Wildman–Crippen MR) is 112 cm³/mol. The molecule has 0 aliphatic carbocycles. The summed E-state index contributed by atoms with van der Waals surface area (Å²) >= 11 is 6.40. The number of aliphatic imine (C=N–C) groups is 1. The lowest BCUT2D eigenvalue weighted by Gasteiger charge is -2.13. The third-order valence-corrected chi connectivity index (χ3v) is 4.51. The molecular formula is C23H21ClFNO2. The van der Waals surface area contributed by atoms with Gasteiger partial charge in [0.05, 0.1) is 17.8 Å². The summed E-state index contributed by atoms with van der Waals surface area (Å²) in [6, 6.07) is 15.9. The number of hydrogen-bond acceptors (Lipinski definition) is 3. The molecule has 28 heavy (non-hydrogen) atoms. The van der Waals surface area contributed by atoms with Gasteiger partial charge in [-0.1, -0.05) is 41.4 Å². The van der Waals surface area contributed by atoms with Crippen molar-refractivity contribution in [3.63, 3.8) is 0 Å². The second kappa shape index (κ2) is 8.89. The first-order valence-corrected chi connectivity index (χ1v) is 9.20. The zero-order valence-electron chi connectivity index (χ0n) is 16.0. The topological polar surface area (TPSA) is 30.8 Å². The van der Waals surface area contributed by atoms with Gasteiger partial charge >= 0.3 is 0 Å². The Kier molecular flexibility index (Phi) is 6.32. The molecule has 0 radical (unpaired) electrons. The third kappa shape index (κ3) is 4.90. The van der Waals surface area contributed by atoms with E-state index in [-0.39, 0.29) is 12.4 Å². The van der Waals surface area contributed by atoms with Crippen molar-refractivity contribution >= 4 is 23.5 Å². The minimum atomic E-state index is -0.308. The van der Waals surface area contributed by atoms with Crippen LogP contribution in [0.2, 0.25) is 5.02 Å². The number of benzene rings is 3. The lowest BCUT2D eigenvalue weighted by atomic mass is 10.1. The molecule has 3 rings (SSSR count). The number of halogens is 2. The summed E-state index contributed by atoms with van der Waals surface area (Å²) < 4.78 is 24.5. The normalized spacial score (nSPS) is 11.0. The molecule has 3 nitrogen and oxygen atoms in total. The molecule has 0 aliphatic rings. The molecule has 0 saturated heterocycles. The maximum Gasteiger partial charge on any atom is 0.180 e. The molecule has 0 N–H and O–H groups in total. The number of rotatable bonds is 6. The van der Waals surface area contributed by atoms with Crippen LogP contribution in [0.25, 0.3) is 0 Å². The zero-order chi connectivity index (χ0) is 20.1. The van der Waals surface area contributed by atoms with Crippen molar-refractivity contribution in [2.75, 3.05) is 7.11 Å². The Balaban J connectivity index is 1.81. The molecule has 0 aliphatic heterocycles. The second-order valence-electron chi connectivity index (χ2n) is 6.50. The highest BCUT2D eigenvalue weighted by Crippen LogP contribution is 2.36. The van der Waals surface area contributed by atoms with Crippen LogP contribution < -0.4 is 9.47 Å². The van der Waals surface area contributed by atoms with Gasteiger partial charge in [-0.05, 0) is 60.9 Å². The Morgan fingerprint density at radius 2 is 1.89 bits per heavy atom. The van der Waals surface area contributed by atoms with E-state index in [2.05, 4.69) is 11.1 Å². The summed E-state index contributed by atoms with van der Waals surface area (Å²) in [7, 11) is 1.55. The van der Waals surface area contributed by atoms with Crippen LogP contribution in [0.15, 0.2) is 59.6 Å². The number of nitrogens with zero attached hydrogens (tertiary/aromatic N) is 1. The average molecular weight is 398 g/mol. The first-order chi connectivity index (χ1) is 13.5. The van der Waals surface area contributed by atoms with E-state index in [0.717, 1.165) is 16.8 Å². The van der Waals surface area contributed by atoms with Gasteiger partial charge in [-0.2, -0.15) is 0 Å². The van der Waals surface area contributed by atoms with E-state index in [9.17, 15) is 4.39 Å². The molecule has 0 saturated carbocycles. The van der Waals surface area contributed by atoms with Gasteiger partial charge in [0.25, 0.3) is 0 Å². The van der Waals surface area contributed by atoms with Gasteiger partial charge in [0.15, 0.2) is 11.5 Å². The highest BCUT2D eigenvalue weighted by atomic mass is 35.5. The summed E-state index contributed by atoms with van der Waals surface area (Å²) in [6.45, 7) is 4.26. The second-order valence-corrected chi connectivity index (χ2v) is 6.91. The molecule has 0 unspecified atom stereocenters. The quantitative estimate of drug-likeness (QED) is 0.448. The number of hydrogen-bond donors (Lipinski definition) is 0. The first-order valence-electron chi connectivity index (χ1n) is 8.82. The van der Waals surface area contributed by atoms with Crippen molar-refractivity contribution < 1.29 is 13.9 Å². The Morgan fingerprint density at radius 3 is 2.61 bits per heavy atom. The fourth-order valence-electron chi connectivity index (χ4n) is 2.83. The van der Waals surface area contributed by atoms with Crippen LogP contribution in [0, 0.1) is 19.7 Å². The maximum absolute atomic E-state index is 13.3. The van der Waals surface area contributed by atoms with Gasteiger partial charge in [0.2, 0.25) is 0 Å². The van der Waals surface area contributed by atoms with Crippen LogP contribution in [0.1, 0.15) is 22.3 Å². The zero-order valence-corrected chi connectivity index (χ0v) is 16.8. The van der Waals surface area contributed by atoms with Crippen molar-refractivity contribution in [1.82, 2.24) is 0 Å². The molecule has 0 amide bonds. The van der Waals surface area contributed by atoms with Crippen molar-refractivity contribution in [3.05, 3.63) is 87.7 Å². The molecule has 3 aromatic carbocycles. The number of ether oxygens (including phenoxy) is 2. The Bertz CT molecular complexity index is 1020. The van der Waals surface area contributed by atoms with Crippen LogP contribution in [0.4, 0.5) is 10.1 Å². The van der Waals surface area contributed by atoms with Gasteiger partial charge < -0.3 is 9.47 Å². The highest BCUT2D eigenvalue weighted by Gasteiger charge is 2.12. The molecule has 0 heterocycles. The molecule has 3 aromatic rings. The van der Waals surface area contributed by atoms with Crippen LogP contribution >= 0.6 is 11.6 Å². The van der Waals surface area contributed by atoms with E-state index in [0.29, 0.717) is 22.1 Å². The van der Waals surface area contributed by atoms with Crippen molar-refractivity contribution in [2.24, 2.45) is 4.99 Å². The van der Waals surface area contributed by atoms with E-state index in [4.69, 9.17) is 21.1 Å². The van der Waals surface area contributed by atoms with Crippen molar-refractivity contribution in [1.29, 1.82) is 0 Å². The average Bonchev–Trinajstić information content (AvgIpc) is 2.66. The van der Waals surface area contributed by atoms with Gasteiger partial charge in [-0.3, -0.25) is 4.99 Å². The molecule has 0 aromatic heterocycles. The Labute approximate surface area is 169 Å². The summed E-state index contributed by atoms with van der Waals surface area (Å²) in [5.41, 5.74) is 4.69. The highest BCUT2D eigenvalue weighted by molar-refractivity contribution is 6.32. The standard InChI is InChI=1S/C23H21ClFNO2/c1-15-7-8-21(16(2)9-15)26-13-18-11-20(24)23(22(12-18)27-3)28-14-17-5-4-6-19(25)10-17/h4-13H,14H2,1-3H3. The monoisotopic (exact) mass is 397 g/mol. The predicted octanol–water partition coefficient (Wildman–Crippen LogP) is 6.43. The molecule has 5 heteroatoms. The van der Waals surface area contributed by atoms with Gasteiger partial charge in [-0.25, -0.2) is 4.39 Å². The minimum Gasteiger partial charge on any atom is -0.493 e. The smallest absolute Gasteiger partial charge is 0.180 e. The maximum atomic E-state index is 13.3. The van der Waals surface area contributed by atoms with Gasteiger partial charge in [0.1, 0.15) is 12.4 Å². The van der Waals surface area contributed by atoms with Gasteiger partial charge in [0, 0.05) is 6.21 Å². The molecule has 0 atom stereocenters. The van der Waals surface area contributed by atoms with Crippen LogP contribution in [0.5, 0.6) is 11.5 Å². The summed E-state index contributed by atoms with van der Waals surface area (Å²) in [5.74, 6) is 0.597. The molecule has 0 bridgehead atoms. The third-order valence-electron chi connectivity index (χ3n) is 4.23. The molecule has 0 spiro atoms. The van der Waals surface area contributed by atoms with Crippen LogP contribution in [0.3, 0.4) is 0 Å². The molecule has 144 valence electrons. The lowest BCUT2D eigenvalue weighted by Crippen LogP contribution is -2.00. The van der Waals surface area contributed by atoms with E-state index in [1.54, 1.807) is 37.6 Å². The summed E-state index contributed by atoms with van der Waals surface area (Å²) in [5, 5.41) is 0.401. The van der Waals surface area contributed by atoms with Crippen LogP contribution in [-0.4, -0.2) is 13.3 Å². The fraction of sp³-hybridized carbons (Fsp3) is 0.174. The minimum absolute atomic E-state index is 0.184. The Morgan fingerprint density at radius 1 is 1.07 bits per heavy atom. The van der Waals surface area contributed by atoms with E-state index < -0.39 is 0 Å². The SMILES string of the molecule is COc1cc(C=Nc2ccc(C)cc2C)cc(Cl)c1OCc1cccc(F)c1. The fourth-order valence-corrected chi connectivity index (χ4v) is 3.10. The lowest BCUT2D eigenvalue weighted by molar-refractivity contribution is 0.284. The number of methoxy groups -OCH3 is 1.